The fraction of sp³-hybridized carbons (Fsp3) is 0.476. The van der Waals surface area contributed by atoms with Gasteiger partial charge < -0.3 is 15.5 Å². The minimum absolute atomic E-state index is 0.0156. The van der Waals surface area contributed by atoms with Gasteiger partial charge in [-0.25, -0.2) is 0 Å². The van der Waals surface area contributed by atoms with E-state index < -0.39 is 5.97 Å². The number of benzene rings is 1. The molecule has 0 spiro atoms. The van der Waals surface area contributed by atoms with Gasteiger partial charge in [-0.2, -0.15) is 0 Å². The summed E-state index contributed by atoms with van der Waals surface area (Å²) in [5.41, 5.74) is 3.27. The molecule has 1 aromatic carbocycles. The van der Waals surface area contributed by atoms with Gasteiger partial charge >= 0.3 is 5.97 Å². The molecule has 0 amide bonds. The Bertz CT molecular complexity index is 856. The van der Waals surface area contributed by atoms with Gasteiger partial charge in [0.1, 0.15) is 11.6 Å². The molecule has 1 aromatic heterocycles. The van der Waals surface area contributed by atoms with Gasteiger partial charge in [0.25, 0.3) is 0 Å². The van der Waals surface area contributed by atoms with Crippen molar-refractivity contribution in [3.05, 3.63) is 35.4 Å². The number of phenols is 1. The molecule has 0 radical (unpaired) electrons. The molecule has 1 unspecified atom stereocenters. The third-order valence-electron chi connectivity index (χ3n) is 5.29. The number of nitrogens with one attached hydrogen (secondary N) is 1. The zero-order valence-corrected chi connectivity index (χ0v) is 16.6. The summed E-state index contributed by atoms with van der Waals surface area (Å²) in [4.78, 5) is 13.2. The molecular weight excluding hydrogens is 356 g/mol. The van der Waals surface area contributed by atoms with Crippen molar-refractivity contribution in [3.63, 3.8) is 0 Å². The van der Waals surface area contributed by atoms with E-state index in [0.717, 1.165) is 37.1 Å². The molecule has 7 nitrogen and oxygen atoms in total. The minimum Gasteiger partial charge on any atom is -0.507 e. The van der Waals surface area contributed by atoms with Crippen LogP contribution in [-0.2, 0) is 4.79 Å². The van der Waals surface area contributed by atoms with Crippen molar-refractivity contribution in [1.29, 1.82) is 0 Å². The van der Waals surface area contributed by atoms with Crippen molar-refractivity contribution in [3.8, 4) is 17.0 Å². The van der Waals surface area contributed by atoms with E-state index in [1.54, 1.807) is 6.07 Å². The quantitative estimate of drug-likeness (QED) is 0.703. The molecule has 3 rings (SSSR count). The number of likely N-dealkylation sites (tertiary alicyclic amines) is 1. The first kappa shape index (κ1) is 20.1. The van der Waals surface area contributed by atoms with Gasteiger partial charge in [0.2, 0.25) is 0 Å². The van der Waals surface area contributed by atoms with E-state index >= 15 is 0 Å². The lowest BCUT2D eigenvalue weighted by atomic mass is 10.0. The summed E-state index contributed by atoms with van der Waals surface area (Å²) in [6.07, 6.45) is 2.18. The van der Waals surface area contributed by atoms with Crippen LogP contribution in [0.25, 0.3) is 11.3 Å². The van der Waals surface area contributed by atoms with Crippen LogP contribution in [0.3, 0.4) is 0 Å². The van der Waals surface area contributed by atoms with Gasteiger partial charge in [-0.15, -0.1) is 10.2 Å². The van der Waals surface area contributed by atoms with Crippen molar-refractivity contribution in [2.24, 2.45) is 0 Å². The Morgan fingerprint density at radius 1 is 1.32 bits per heavy atom. The predicted molar refractivity (Wildman–Crippen MR) is 109 cm³/mol. The lowest BCUT2D eigenvalue weighted by Crippen LogP contribution is -2.46. The van der Waals surface area contributed by atoms with Gasteiger partial charge in [-0.3, -0.25) is 9.69 Å². The van der Waals surface area contributed by atoms with Crippen LogP contribution in [0.1, 0.15) is 37.3 Å². The van der Waals surface area contributed by atoms with E-state index in [9.17, 15) is 9.90 Å². The molecule has 0 saturated carbocycles. The van der Waals surface area contributed by atoms with Gasteiger partial charge in [-0.05, 0) is 69.5 Å². The van der Waals surface area contributed by atoms with E-state index in [1.807, 2.05) is 39.0 Å². The second-order valence-electron chi connectivity index (χ2n) is 7.71. The number of nitrogens with zero attached hydrogens (tertiary/aromatic N) is 3. The van der Waals surface area contributed by atoms with Crippen LogP contribution in [0.5, 0.6) is 5.75 Å². The van der Waals surface area contributed by atoms with Crippen LogP contribution >= 0.6 is 0 Å². The van der Waals surface area contributed by atoms with Crippen LogP contribution in [0.15, 0.2) is 24.3 Å². The number of phenolic OH excluding ortho intramolecular Hbond substituents is 1. The average Bonchev–Trinajstić information content (AvgIpc) is 2.62. The Hall–Kier alpha value is -2.67. The average molecular weight is 384 g/mol. The Balaban J connectivity index is 1.69. The highest BCUT2D eigenvalue weighted by molar-refractivity contribution is 5.70. The maximum absolute atomic E-state index is 11.0. The smallest absolute Gasteiger partial charge is 0.304 e. The van der Waals surface area contributed by atoms with E-state index in [-0.39, 0.29) is 24.3 Å². The number of carboxylic acids is 1. The summed E-state index contributed by atoms with van der Waals surface area (Å²) >= 11 is 0. The molecule has 150 valence electrons. The highest BCUT2D eigenvalue weighted by Gasteiger charge is 2.25. The second-order valence-corrected chi connectivity index (χ2v) is 7.71. The lowest BCUT2D eigenvalue weighted by Gasteiger charge is -2.36. The first-order valence-corrected chi connectivity index (χ1v) is 9.70. The third kappa shape index (κ3) is 4.78. The van der Waals surface area contributed by atoms with Crippen LogP contribution < -0.4 is 5.32 Å². The fourth-order valence-electron chi connectivity index (χ4n) is 3.78. The summed E-state index contributed by atoms with van der Waals surface area (Å²) in [6.45, 7) is 7.55. The standard InChI is InChI=1S/C21H28N4O3/c1-13-6-7-17(18(26)9-13)21-14(2)10-19(23-24-21)22-16-5-4-8-25(12-16)15(3)11-20(27)28/h6-7,9-10,15-16,26H,4-5,8,11-12H2,1-3H3,(H,22,23)(H,27,28)/t15?,16-/m1/s1. The summed E-state index contributed by atoms with van der Waals surface area (Å²) < 4.78 is 0. The Morgan fingerprint density at radius 2 is 2.11 bits per heavy atom. The van der Waals surface area contributed by atoms with Crippen LogP contribution in [0, 0.1) is 13.8 Å². The van der Waals surface area contributed by atoms with E-state index in [0.29, 0.717) is 17.1 Å². The molecule has 3 N–H and O–H groups in total. The van der Waals surface area contributed by atoms with Crippen molar-refractivity contribution in [2.75, 3.05) is 18.4 Å². The van der Waals surface area contributed by atoms with Crippen LogP contribution in [0.4, 0.5) is 5.82 Å². The van der Waals surface area contributed by atoms with Crippen molar-refractivity contribution >= 4 is 11.8 Å². The largest absolute Gasteiger partial charge is 0.507 e. The Kier molecular flexibility index (Phi) is 6.14. The molecule has 1 aliphatic rings. The van der Waals surface area contributed by atoms with Crippen molar-refractivity contribution < 1.29 is 15.0 Å². The molecule has 1 fully saturated rings. The molecule has 2 heterocycles. The monoisotopic (exact) mass is 384 g/mol. The van der Waals surface area contributed by atoms with Gasteiger partial charge in [0, 0.05) is 24.2 Å². The first-order chi connectivity index (χ1) is 13.3. The maximum atomic E-state index is 11.0. The molecule has 2 atom stereocenters. The summed E-state index contributed by atoms with van der Waals surface area (Å²) in [6, 6.07) is 7.69. The van der Waals surface area contributed by atoms with Gasteiger partial charge in [0.05, 0.1) is 12.1 Å². The number of aromatic hydroxyl groups is 1. The number of hydrogen-bond donors (Lipinski definition) is 3. The highest BCUT2D eigenvalue weighted by Crippen LogP contribution is 2.31. The Labute approximate surface area is 165 Å². The number of carbonyl (C=O) groups is 1. The molecular formula is C21H28N4O3. The normalized spacial score (nSPS) is 18.6. The van der Waals surface area contributed by atoms with Crippen molar-refractivity contribution in [2.45, 2.75) is 52.1 Å². The summed E-state index contributed by atoms with van der Waals surface area (Å²) in [7, 11) is 0. The second kappa shape index (κ2) is 8.56. The minimum atomic E-state index is -0.765. The number of rotatable bonds is 6. The molecule has 1 aliphatic heterocycles. The molecule has 2 aromatic rings. The number of aromatic nitrogens is 2. The number of piperidine rings is 1. The van der Waals surface area contributed by atoms with Crippen LogP contribution in [-0.4, -0.2) is 56.5 Å². The predicted octanol–water partition coefficient (Wildman–Crippen LogP) is 3.21. The lowest BCUT2D eigenvalue weighted by molar-refractivity contribution is -0.138. The molecule has 0 bridgehead atoms. The fourth-order valence-corrected chi connectivity index (χ4v) is 3.78. The Morgan fingerprint density at radius 3 is 2.79 bits per heavy atom. The topological polar surface area (TPSA) is 98.6 Å². The number of hydrogen-bond acceptors (Lipinski definition) is 6. The zero-order valence-electron chi connectivity index (χ0n) is 16.6. The molecule has 0 aliphatic carbocycles. The van der Waals surface area contributed by atoms with E-state index in [2.05, 4.69) is 20.4 Å². The number of anilines is 1. The van der Waals surface area contributed by atoms with Crippen molar-refractivity contribution in [1.82, 2.24) is 15.1 Å². The number of aliphatic carboxylic acids is 1. The van der Waals surface area contributed by atoms with Gasteiger partial charge in [0.15, 0.2) is 0 Å². The van der Waals surface area contributed by atoms with E-state index in [4.69, 9.17) is 5.11 Å². The maximum Gasteiger partial charge on any atom is 0.304 e. The summed E-state index contributed by atoms with van der Waals surface area (Å²) in [5.74, 6) is 0.137. The summed E-state index contributed by atoms with van der Waals surface area (Å²) in [5, 5.41) is 31.3. The number of carboxylic acid groups (broad SMARTS) is 1. The SMILES string of the molecule is Cc1ccc(-c2nnc(N[C@@H]3CCCN(C(C)CC(=O)O)C3)cc2C)c(O)c1. The zero-order chi connectivity index (χ0) is 20.3. The molecule has 28 heavy (non-hydrogen) atoms. The van der Waals surface area contributed by atoms with Crippen LogP contribution in [0.2, 0.25) is 0 Å². The first-order valence-electron chi connectivity index (χ1n) is 9.70. The number of aryl methyl sites for hydroxylation is 2. The highest BCUT2D eigenvalue weighted by atomic mass is 16.4. The molecule has 1 saturated heterocycles. The molecule has 7 heteroatoms. The van der Waals surface area contributed by atoms with Gasteiger partial charge in [-0.1, -0.05) is 6.07 Å². The third-order valence-corrected chi connectivity index (χ3v) is 5.29. The van der Waals surface area contributed by atoms with E-state index in [1.165, 1.54) is 0 Å².